The van der Waals surface area contributed by atoms with E-state index in [9.17, 15) is 24.3 Å². The summed E-state index contributed by atoms with van der Waals surface area (Å²) in [5.74, 6) is -1.08. The van der Waals surface area contributed by atoms with Crippen molar-refractivity contribution in [2.75, 3.05) is 41.5 Å². The smallest absolute Gasteiger partial charge is 0.335 e. The number of carbonyl (C=O) groups is 4. The average molecular weight is 724 g/mol. The first kappa shape index (κ1) is 38.8. The normalized spacial score (nSPS) is 15.6. The molecule has 12 nitrogen and oxygen atoms in total. The lowest BCUT2D eigenvalue weighted by Crippen LogP contribution is -2.48. The Bertz CT molecular complexity index is 1760. The van der Waals surface area contributed by atoms with E-state index in [-0.39, 0.29) is 25.1 Å². The van der Waals surface area contributed by atoms with Crippen molar-refractivity contribution in [3.63, 3.8) is 0 Å². The van der Waals surface area contributed by atoms with Crippen LogP contribution in [0.15, 0.2) is 48.5 Å². The number of aromatic carboxylic acids is 1. The van der Waals surface area contributed by atoms with Crippen molar-refractivity contribution in [1.29, 1.82) is 0 Å². The van der Waals surface area contributed by atoms with Crippen LogP contribution in [0.2, 0.25) is 5.02 Å². The number of carboxylic acids is 1. The number of carbonyl (C=O) groups excluding carboxylic acids is 3. The number of ether oxygens (including phenoxy) is 4. The van der Waals surface area contributed by atoms with E-state index in [2.05, 4.69) is 5.32 Å². The second-order valence-corrected chi connectivity index (χ2v) is 13.8. The van der Waals surface area contributed by atoms with Crippen molar-refractivity contribution >= 4 is 35.4 Å². The molecule has 13 heteroatoms. The summed E-state index contributed by atoms with van der Waals surface area (Å²) in [6.45, 7) is 7.08. The maximum atomic E-state index is 14.3. The van der Waals surface area contributed by atoms with Gasteiger partial charge in [0.15, 0.2) is 0 Å². The van der Waals surface area contributed by atoms with Crippen molar-refractivity contribution in [2.45, 2.75) is 58.5 Å². The van der Waals surface area contributed by atoms with Crippen LogP contribution in [0.25, 0.3) is 0 Å². The lowest BCUT2D eigenvalue weighted by molar-refractivity contribution is -0.135. The molecule has 1 saturated heterocycles. The zero-order valence-corrected chi connectivity index (χ0v) is 31.1. The fourth-order valence-corrected chi connectivity index (χ4v) is 6.48. The topological polar surface area (TPSA) is 144 Å². The summed E-state index contributed by atoms with van der Waals surface area (Å²) in [6, 6.07) is 12.1. The summed E-state index contributed by atoms with van der Waals surface area (Å²) < 4.78 is 22.2. The first-order valence-electron chi connectivity index (χ1n) is 16.5. The molecule has 0 spiro atoms. The largest absolute Gasteiger partial charge is 0.496 e. The maximum Gasteiger partial charge on any atom is 0.335 e. The van der Waals surface area contributed by atoms with Crippen molar-refractivity contribution in [3.05, 3.63) is 81.4 Å². The minimum atomic E-state index is -1.05. The standard InChI is InChI=1S/C38H46ClN3O9/c1-9-30(22-10-12-27(36(45)46)29(16-22)38(2,3)4)40-37(47)42-21-34(43)41(20-28-32(50-7)17-26(48-5)18-33(28)51-8)19-24(35(42)44)14-23-15-25(39)11-13-31(23)49-6/h10-13,15-18,24,30H,9,14,19-21H2,1-8H3,(H,40,47)(H,45,46)/t24-,30-/m1/s1. The van der Waals surface area contributed by atoms with E-state index >= 15 is 0 Å². The minimum absolute atomic E-state index is 0.0180. The van der Waals surface area contributed by atoms with E-state index in [0.717, 1.165) is 4.90 Å². The Hall–Kier alpha value is -4.97. The quantitative estimate of drug-likeness (QED) is 0.221. The number of halogens is 1. The highest BCUT2D eigenvalue weighted by Gasteiger charge is 2.39. The monoisotopic (exact) mass is 723 g/mol. The molecule has 0 unspecified atom stereocenters. The number of amides is 4. The van der Waals surface area contributed by atoms with Gasteiger partial charge in [-0.2, -0.15) is 0 Å². The second kappa shape index (κ2) is 16.4. The predicted molar refractivity (Wildman–Crippen MR) is 192 cm³/mol. The fourth-order valence-electron chi connectivity index (χ4n) is 6.29. The molecule has 3 aromatic rings. The second-order valence-electron chi connectivity index (χ2n) is 13.3. The van der Waals surface area contributed by atoms with E-state index in [1.807, 2.05) is 27.7 Å². The number of urea groups is 1. The third kappa shape index (κ3) is 8.86. The predicted octanol–water partition coefficient (Wildman–Crippen LogP) is 6.26. The average Bonchev–Trinajstić information content (AvgIpc) is 3.21. The Balaban J connectivity index is 1.73. The molecular formula is C38H46ClN3O9. The molecule has 1 aliphatic heterocycles. The number of rotatable bonds is 12. The van der Waals surface area contributed by atoms with Gasteiger partial charge in [0.2, 0.25) is 11.8 Å². The van der Waals surface area contributed by atoms with Gasteiger partial charge < -0.3 is 34.3 Å². The number of nitrogens with one attached hydrogen (secondary N) is 1. The summed E-state index contributed by atoms with van der Waals surface area (Å²) in [7, 11) is 6.02. The van der Waals surface area contributed by atoms with Crippen LogP contribution in [-0.2, 0) is 28.0 Å². The number of imide groups is 1. The molecule has 4 rings (SSSR count). The molecule has 4 amide bonds. The van der Waals surface area contributed by atoms with E-state index in [0.29, 0.717) is 56.7 Å². The van der Waals surface area contributed by atoms with Gasteiger partial charge in [-0.15, -0.1) is 0 Å². The number of benzene rings is 3. The molecule has 51 heavy (non-hydrogen) atoms. The highest BCUT2D eigenvalue weighted by Crippen LogP contribution is 2.36. The number of hydrogen-bond donors (Lipinski definition) is 2. The van der Waals surface area contributed by atoms with E-state index in [4.69, 9.17) is 30.5 Å². The van der Waals surface area contributed by atoms with Crippen molar-refractivity contribution in [2.24, 2.45) is 5.92 Å². The van der Waals surface area contributed by atoms with E-state index in [1.54, 1.807) is 42.5 Å². The molecule has 1 aliphatic rings. The van der Waals surface area contributed by atoms with Gasteiger partial charge in [0.05, 0.1) is 58.1 Å². The summed E-state index contributed by atoms with van der Waals surface area (Å²) in [6.07, 6.45) is 0.555. The third-order valence-corrected chi connectivity index (χ3v) is 9.25. The number of nitrogens with zero attached hydrogens (tertiary/aromatic N) is 2. The molecular weight excluding hydrogens is 678 g/mol. The summed E-state index contributed by atoms with van der Waals surface area (Å²) >= 11 is 6.34. The lowest BCUT2D eigenvalue weighted by Gasteiger charge is -2.27. The first-order valence-corrected chi connectivity index (χ1v) is 16.9. The van der Waals surface area contributed by atoms with Crippen LogP contribution in [0, 0.1) is 5.92 Å². The zero-order chi connectivity index (χ0) is 37.6. The number of methoxy groups -OCH3 is 4. The zero-order valence-electron chi connectivity index (χ0n) is 30.3. The lowest BCUT2D eigenvalue weighted by atomic mass is 9.82. The van der Waals surface area contributed by atoms with Gasteiger partial charge in [0, 0.05) is 23.7 Å². The number of carboxylic acid groups (broad SMARTS) is 1. The summed E-state index contributed by atoms with van der Waals surface area (Å²) in [5.41, 5.74) is 2.16. The van der Waals surface area contributed by atoms with Crippen LogP contribution in [0.3, 0.4) is 0 Å². The van der Waals surface area contributed by atoms with Crippen molar-refractivity contribution < 1.29 is 43.2 Å². The van der Waals surface area contributed by atoms with Gasteiger partial charge in [0.1, 0.15) is 29.5 Å². The van der Waals surface area contributed by atoms with Gasteiger partial charge in [-0.3, -0.25) is 14.5 Å². The van der Waals surface area contributed by atoms with Gasteiger partial charge in [-0.25, -0.2) is 9.59 Å². The van der Waals surface area contributed by atoms with Gasteiger partial charge in [-0.05, 0) is 59.2 Å². The Labute approximate surface area is 303 Å². The molecule has 1 fully saturated rings. The summed E-state index contributed by atoms with van der Waals surface area (Å²) in [5, 5.41) is 13.2. The van der Waals surface area contributed by atoms with Crippen LogP contribution in [0.1, 0.15) is 72.8 Å². The van der Waals surface area contributed by atoms with Crippen LogP contribution >= 0.6 is 11.6 Å². The Morgan fingerprint density at radius 3 is 2.14 bits per heavy atom. The van der Waals surface area contributed by atoms with Gasteiger partial charge >= 0.3 is 12.0 Å². The molecule has 2 atom stereocenters. The van der Waals surface area contributed by atoms with E-state index < -0.39 is 47.7 Å². The highest BCUT2D eigenvalue weighted by atomic mass is 35.5. The SMILES string of the molecule is CC[C@@H](NC(=O)N1CC(=O)N(Cc2c(OC)cc(OC)cc2OC)C[C@@H](Cc2cc(Cl)ccc2OC)C1=O)c1ccc(C(=O)O)c(C(C)(C)C)c1. The molecule has 3 aromatic carbocycles. The Morgan fingerprint density at radius 2 is 1.59 bits per heavy atom. The fraction of sp³-hybridized carbons (Fsp3) is 0.421. The molecule has 0 aromatic heterocycles. The minimum Gasteiger partial charge on any atom is -0.496 e. The van der Waals surface area contributed by atoms with Crippen LogP contribution in [0.4, 0.5) is 4.79 Å². The molecule has 2 N–H and O–H groups in total. The molecule has 0 saturated carbocycles. The van der Waals surface area contributed by atoms with Gasteiger partial charge in [0.25, 0.3) is 0 Å². The molecule has 1 heterocycles. The van der Waals surface area contributed by atoms with Crippen LogP contribution in [0.5, 0.6) is 23.0 Å². The third-order valence-electron chi connectivity index (χ3n) is 9.01. The highest BCUT2D eigenvalue weighted by molar-refractivity contribution is 6.30. The van der Waals surface area contributed by atoms with Crippen molar-refractivity contribution in [1.82, 2.24) is 15.1 Å². The first-order chi connectivity index (χ1) is 24.1. The Morgan fingerprint density at radius 1 is 0.941 bits per heavy atom. The molecule has 0 radical (unpaired) electrons. The molecule has 0 bridgehead atoms. The van der Waals surface area contributed by atoms with Gasteiger partial charge in [-0.1, -0.05) is 51.4 Å². The number of hydrogen-bond acceptors (Lipinski definition) is 8. The maximum absolute atomic E-state index is 14.3. The Kier molecular flexibility index (Phi) is 12.5. The van der Waals surface area contributed by atoms with E-state index in [1.165, 1.54) is 39.4 Å². The van der Waals surface area contributed by atoms with Crippen LogP contribution in [-0.4, -0.2) is 80.2 Å². The summed E-state index contributed by atoms with van der Waals surface area (Å²) in [4.78, 5) is 56.8. The molecule has 274 valence electrons. The van der Waals surface area contributed by atoms with Crippen LogP contribution < -0.4 is 24.3 Å². The van der Waals surface area contributed by atoms with Crippen molar-refractivity contribution in [3.8, 4) is 23.0 Å². The molecule has 0 aliphatic carbocycles.